The highest BCUT2D eigenvalue weighted by molar-refractivity contribution is 5.98. The molecule has 2 amide bonds. The number of aromatic nitrogens is 2. The molecular weight excluding hydrogens is 392 g/mol. The van der Waals surface area contributed by atoms with E-state index in [1.165, 1.54) is 5.56 Å². The smallest absolute Gasteiger partial charge is 0.272 e. The molecule has 0 fully saturated rings. The highest BCUT2D eigenvalue weighted by atomic mass is 16.5. The van der Waals surface area contributed by atoms with Gasteiger partial charge in [0.1, 0.15) is 11.4 Å². The van der Waals surface area contributed by atoms with Crippen LogP contribution in [0.1, 0.15) is 44.1 Å². The lowest BCUT2D eigenvalue weighted by molar-refractivity contribution is 0.0745. The molecule has 4 rings (SSSR count). The van der Waals surface area contributed by atoms with Crippen molar-refractivity contribution in [1.82, 2.24) is 20.0 Å². The molecule has 0 radical (unpaired) electrons. The monoisotopic (exact) mass is 418 g/mol. The number of carbonyl (C=O) groups is 2. The van der Waals surface area contributed by atoms with Gasteiger partial charge in [-0.2, -0.15) is 5.10 Å². The minimum atomic E-state index is -0.297. The zero-order chi connectivity index (χ0) is 21.8. The fourth-order valence-electron chi connectivity index (χ4n) is 3.74. The Balaban J connectivity index is 1.44. The first kappa shape index (κ1) is 20.7. The first-order chi connectivity index (χ1) is 15.0. The van der Waals surface area contributed by atoms with Crippen molar-refractivity contribution in [1.29, 1.82) is 0 Å². The summed E-state index contributed by atoms with van der Waals surface area (Å²) in [7, 11) is 1.61. The number of carbonyl (C=O) groups excluding carboxylic acids is 2. The number of nitrogens with one attached hydrogen (secondary N) is 1. The lowest BCUT2D eigenvalue weighted by atomic mass is 10.1. The van der Waals surface area contributed by atoms with E-state index in [1.54, 1.807) is 17.9 Å². The molecule has 1 aromatic heterocycles. The van der Waals surface area contributed by atoms with Gasteiger partial charge in [0.15, 0.2) is 5.69 Å². The minimum Gasteiger partial charge on any atom is -0.497 e. The molecule has 0 bridgehead atoms. The summed E-state index contributed by atoms with van der Waals surface area (Å²) in [4.78, 5) is 27.6. The van der Waals surface area contributed by atoms with E-state index in [1.807, 2.05) is 54.3 Å². The molecule has 0 atom stereocenters. The van der Waals surface area contributed by atoms with Crippen molar-refractivity contribution in [3.8, 4) is 5.75 Å². The summed E-state index contributed by atoms with van der Waals surface area (Å²) >= 11 is 0. The SMILES string of the molecule is COc1ccc(CNC(=O)c2cc3n(n2)CCCN(Cc2cccc(C)c2)C3=O)cc1. The van der Waals surface area contributed by atoms with E-state index in [-0.39, 0.29) is 17.5 Å². The zero-order valence-electron chi connectivity index (χ0n) is 17.8. The quantitative estimate of drug-likeness (QED) is 0.667. The van der Waals surface area contributed by atoms with Crippen LogP contribution in [0.15, 0.2) is 54.6 Å². The molecular formula is C24H26N4O3. The van der Waals surface area contributed by atoms with Crippen molar-refractivity contribution >= 4 is 11.8 Å². The second-order valence-corrected chi connectivity index (χ2v) is 7.74. The summed E-state index contributed by atoms with van der Waals surface area (Å²) in [5.41, 5.74) is 3.93. The van der Waals surface area contributed by atoms with Gasteiger partial charge in [-0.25, -0.2) is 0 Å². The lowest BCUT2D eigenvalue weighted by Crippen LogP contribution is -2.30. The normalized spacial score (nSPS) is 13.5. The maximum Gasteiger partial charge on any atom is 0.272 e. The predicted octanol–water partition coefficient (Wildman–Crippen LogP) is 3.18. The molecule has 2 heterocycles. The summed E-state index contributed by atoms with van der Waals surface area (Å²) < 4.78 is 6.80. The van der Waals surface area contributed by atoms with Crippen molar-refractivity contribution in [2.45, 2.75) is 33.0 Å². The standard InChI is InChI=1S/C24H26N4O3/c1-17-5-3-6-19(13-17)16-27-11-4-12-28-22(24(27)30)14-21(26-28)23(29)25-15-18-7-9-20(31-2)10-8-18/h3,5-10,13-14H,4,11-12,15-16H2,1-2H3,(H,25,29). The Morgan fingerprint density at radius 1 is 1.10 bits per heavy atom. The van der Waals surface area contributed by atoms with Crippen LogP contribution in [-0.2, 0) is 19.6 Å². The third-order valence-corrected chi connectivity index (χ3v) is 5.38. The maximum absolute atomic E-state index is 13.1. The Kier molecular flexibility index (Phi) is 6.02. The number of hydrogen-bond donors (Lipinski definition) is 1. The Labute approximate surface area is 181 Å². The van der Waals surface area contributed by atoms with Crippen LogP contribution in [0.4, 0.5) is 0 Å². The van der Waals surface area contributed by atoms with E-state index in [2.05, 4.69) is 16.5 Å². The number of methoxy groups -OCH3 is 1. The number of amides is 2. The molecule has 1 N–H and O–H groups in total. The van der Waals surface area contributed by atoms with Gasteiger partial charge in [0.05, 0.1) is 7.11 Å². The Morgan fingerprint density at radius 2 is 1.90 bits per heavy atom. The molecule has 1 aliphatic rings. The van der Waals surface area contributed by atoms with Crippen LogP contribution in [-0.4, -0.2) is 40.1 Å². The zero-order valence-corrected chi connectivity index (χ0v) is 17.8. The molecule has 7 nitrogen and oxygen atoms in total. The van der Waals surface area contributed by atoms with Crippen molar-refractivity contribution in [2.75, 3.05) is 13.7 Å². The summed E-state index contributed by atoms with van der Waals surface area (Å²) in [6.07, 6.45) is 0.791. The maximum atomic E-state index is 13.1. The van der Waals surface area contributed by atoms with Crippen LogP contribution in [0.3, 0.4) is 0 Å². The molecule has 7 heteroatoms. The average Bonchev–Trinajstić information content (AvgIpc) is 3.15. The van der Waals surface area contributed by atoms with Crippen LogP contribution in [0.5, 0.6) is 5.75 Å². The van der Waals surface area contributed by atoms with Gasteiger partial charge in [-0.05, 0) is 36.6 Å². The molecule has 31 heavy (non-hydrogen) atoms. The second kappa shape index (κ2) is 9.04. The van der Waals surface area contributed by atoms with Gasteiger partial charge in [-0.15, -0.1) is 0 Å². The fourth-order valence-corrected chi connectivity index (χ4v) is 3.74. The van der Waals surface area contributed by atoms with E-state index in [0.29, 0.717) is 31.9 Å². The first-order valence-electron chi connectivity index (χ1n) is 10.4. The van der Waals surface area contributed by atoms with E-state index < -0.39 is 0 Å². The van der Waals surface area contributed by atoms with E-state index in [0.717, 1.165) is 23.3 Å². The first-order valence-corrected chi connectivity index (χ1v) is 10.4. The number of nitrogens with zero attached hydrogens (tertiary/aromatic N) is 3. The topological polar surface area (TPSA) is 76.5 Å². The number of rotatable bonds is 6. The van der Waals surface area contributed by atoms with Crippen LogP contribution < -0.4 is 10.1 Å². The predicted molar refractivity (Wildman–Crippen MR) is 117 cm³/mol. The van der Waals surface area contributed by atoms with Crippen LogP contribution in [0.2, 0.25) is 0 Å². The summed E-state index contributed by atoms with van der Waals surface area (Å²) in [5.74, 6) is 0.372. The van der Waals surface area contributed by atoms with Crippen LogP contribution in [0.25, 0.3) is 0 Å². The molecule has 2 aromatic carbocycles. The van der Waals surface area contributed by atoms with Gasteiger partial charge < -0.3 is 15.0 Å². The Morgan fingerprint density at radius 3 is 2.65 bits per heavy atom. The second-order valence-electron chi connectivity index (χ2n) is 7.74. The number of ether oxygens (including phenoxy) is 1. The highest BCUT2D eigenvalue weighted by Gasteiger charge is 2.26. The molecule has 1 aliphatic heterocycles. The summed E-state index contributed by atoms with van der Waals surface area (Å²) in [5, 5.41) is 7.26. The lowest BCUT2D eigenvalue weighted by Gasteiger charge is -2.20. The summed E-state index contributed by atoms with van der Waals surface area (Å²) in [6, 6.07) is 17.3. The summed E-state index contributed by atoms with van der Waals surface area (Å²) in [6.45, 7) is 4.23. The average molecular weight is 418 g/mol. The molecule has 0 spiro atoms. The molecule has 0 unspecified atom stereocenters. The van der Waals surface area contributed by atoms with Gasteiger partial charge in [0, 0.05) is 32.2 Å². The number of benzene rings is 2. The highest BCUT2D eigenvalue weighted by Crippen LogP contribution is 2.17. The van der Waals surface area contributed by atoms with E-state index in [9.17, 15) is 9.59 Å². The number of fused-ring (bicyclic) bond motifs is 1. The largest absolute Gasteiger partial charge is 0.497 e. The number of aryl methyl sites for hydroxylation is 2. The molecule has 0 saturated carbocycles. The van der Waals surface area contributed by atoms with Gasteiger partial charge in [-0.3, -0.25) is 14.3 Å². The van der Waals surface area contributed by atoms with E-state index >= 15 is 0 Å². The minimum absolute atomic E-state index is 0.0966. The van der Waals surface area contributed by atoms with Crippen molar-refractivity contribution in [3.05, 3.63) is 82.7 Å². The third-order valence-electron chi connectivity index (χ3n) is 5.38. The van der Waals surface area contributed by atoms with Crippen LogP contribution in [0, 0.1) is 6.92 Å². The Hall–Kier alpha value is -3.61. The van der Waals surface area contributed by atoms with Gasteiger partial charge >= 0.3 is 0 Å². The van der Waals surface area contributed by atoms with Crippen LogP contribution >= 0.6 is 0 Å². The number of hydrogen-bond acceptors (Lipinski definition) is 4. The molecule has 3 aromatic rings. The van der Waals surface area contributed by atoms with Crippen molar-refractivity contribution < 1.29 is 14.3 Å². The molecule has 160 valence electrons. The third kappa shape index (κ3) is 4.77. The Bertz CT molecular complexity index is 1090. The van der Waals surface area contributed by atoms with Crippen molar-refractivity contribution in [3.63, 3.8) is 0 Å². The molecule has 0 aliphatic carbocycles. The van der Waals surface area contributed by atoms with Crippen molar-refractivity contribution in [2.24, 2.45) is 0 Å². The van der Waals surface area contributed by atoms with Gasteiger partial charge in [0.25, 0.3) is 11.8 Å². The van der Waals surface area contributed by atoms with E-state index in [4.69, 9.17) is 4.74 Å². The van der Waals surface area contributed by atoms with Gasteiger partial charge in [0.2, 0.25) is 0 Å². The fraction of sp³-hybridized carbons (Fsp3) is 0.292. The molecule has 0 saturated heterocycles. The van der Waals surface area contributed by atoms with Gasteiger partial charge in [-0.1, -0.05) is 42.0 Å².